The van der Waals surface area contributed by atoms with Gasteiger partial charge in [-0.15, -0.1) is 0 Å². The Kier molecular flexibility index (Phi) is 3.93. The van der Waals surface area contributed by atoms with E-state index in [0.29, 0.717) is 4.99 Å². The number of halogens is 1. The van der Waals surface area contributed by atoms with E-state index in [4.69, 9.17) is 18.0 Å². The second-order valence-electron chi connectivity index (χ2n) is 3.80. The summed E-state index contributed by atoms with van der Waals surface area (Å²) in [5, 5.41) is 0. The zero-order valence-corrected chi connectivity index (χ0v) is 12.2. The lowest BCUT2D eigenvalue weighted by Gasteiger charge is -2.21. The Morgan fingerprint density at radius 3 is 2.83 bits per heavy atom. The molecule has 0 saturated carbocycles. The van der Waals surface area contributed by atoms with Crippen LogP contribution < -0.4 is 10.6 Å². The first-order valence-corrected chi connectivity index (χ1v) is 6.53. The van der Waals surface area contributed by atoms with Crippen molar-refractivity contribution in [2.75, 3.05) is 11.9 Å². The van der Waals surface area contributed by atoms with E-state index >= 15 is 0 Å². The molecule has 92 valence electrons. The first-order chi connectivity index (χ1) is 8.59. The molecule has 0 spiro atoms. The van der Waals surface area contributed by atoms with Crippen LogP contribution in [0.1, 0.15) is 5.56 Å². The summed E-state index contributed by atoms with van der Waals surface area (Å²) in [6.45, 7) is 0. The molecule has 0 bridgehead atoms. The van der Waals surface area contributed by atoms with E-state index in [1.54, 1.807) is 12.4 Å². The van der Waals surface area contributed by atoms with Crippen LogP contribution in [0.3, 0.4) is 0 Å². The number of thiocarbonyl (C=S) groups is 1. The van der Waals surface area contributed by atoms with Gasteiger partial charge in [-0.25, -0.2) is 0 Å². The summed E-state index contributed by atoms with van der Waals surface area (Å²) in [6, 6.07) is 9.76. The fourth-order valence-electron chi connectivity index (χ4n) is 1.65. The van der Waals surface area contributed by atoms with Crippen molar-refractivity contribution in [3.63, 3.8) is 0 Å². The summed E-state index contributed by atoms with van der Waals surface area (Å²) >= 11 is 8.48. The van der Waals surface area contributed by atoms with Crippen molar-refractivity contribution in [2.24, 2.45) is 5.73 Å². The number of benzene rings is 1. The maximum Gasteiger partial charge on any atom is 0.104 e. The van der Waals surface area contributed by atoms with Gasteiger partial charge in [0.2, 0.25) is 0 Å². The normalized spacial score (nSPS) is 10.1. The van der Waals surface area contributed by atoms with Crippen LogP contribution in [0.5, 0.6) is 0 Å². The topological polar surface area (TPSA) is 42.1 Å². The number of anilines is 2. The Morgan fingerprint density at radius 2 is 2.17 bits per heavy atom. The highest BCUT2D eigenvalue weighted by atomic mass is 79.9. The van der Waals surface area contributed by atoms with Crippen molar-refractivity contribution in [1.82, 2.24) is 4.98 Å². The standard InChI is InChI=1S/C13H12BrN3S/c1-17(12-5-6-16-8-11(12)14)10-4-2-3-9(7-10)13(15)18/h2-8H,1H3,(H2,15,18). The third-order valence-electron chi connectivity index (χ3n) is 2.63. The van der Waals surface area contributed by atoms with E-state index in [-0.39, 0.29) is 0 Å². The molecule has 0 radical (unpaired) electrons. The van der Waals surface area contributed by atoms with Crippen LogP contribution in [0.4, 0.5) is 11.4 Å². The quantitative estimate of drug-likeness (QED) is 0.881. The summed E-state index contributed by atoms with van der Waals surface area (Å²) in [5.41, 5.74) is 8.56. The highest BCUT2D eigenvalue weighted by Gasteiger charge is 2.08. The average molecular weight is 322 g/mol. The molecule has 0 aliphatic carbocycles. The maximum absolute atomic E-state index is 5.65. The van der Waals surface area contributed by atoms with E-state index in [2.05, 4.69) is 20.9 Å². The third-order valence-corrected chi connectivity index (χ3v) is 3.48. The average Bonchev–Trinajstić information content (AvgIpc) is 2.38. The molecule has 0 saturated heterocycles. The Hall–Kier alpha value is -1.46. The van der Waals surface area contributed by atoms with Crippen LogP contribution >= 0.6 is 28.1 Å². The highest BCUT2D eigenvalue weighted by molar-refractivity contribution is 9.10. The van der Waals surface area contributed by atoms with Crippen LogP contribution in [0.15, 0.2) is 47.2 Å². The molecule has 1 aromatic heterocycles. The Bertz CT molecular complexity index is 586. The Balaban J connectivity index is 2.40. The number of pyridine rings is 1. The van der Waals surface area contributed by atoms with E-state index < -0.39 is 0 Å². The SMILES string of the molecule is CN(c1cccc(C(N)=S)c1)c1ccncc1Br. The lowest BCUT2D eigenvalue weighted by atomic mass is 10.2. The predicted octanol–water partition coefficient (Wildman–Crippen LogP) is 3.25. The van der Waals surface area contributed by atoms with Crippen molar-refractivity contribution < 1.29 is 0 Å². The molecule has 1 aromatic carbocycles. The molecule has 0 amide bonds. The molecular weight excluding hydrogens is 310 g/mol. The van der Waals surface area contributed by atoms with Crippen LogP contribution in [0.2, 0.25) is 0 Å². The van der Waals surface area contributed by atoms with Crippen molar-refractivity contribution in [3.8, 4) is 0 Å². The molecule has 1 heterocycles. The van der Waals surface area contributed by atoms with E-state index in [0.717, 1.165) is 21.4 Å². The third kappa shape index (κ3) is 2.68. The molecular formula is C13H12BrN3S. The Labute approximate surface area is 120 Å². The lowest BCUT2D eigenvalue weighted by molar-refractivity contribution is 1.17. The van der Waals surface area contributed by atoms with Gasteiger partial charge in [-0.3, -0.25) is 4.98 Å². The van der Waals surface area contributed by atoms with E-state index in [1.165, 1.54) is 0 Å². The van der Waals surface area contributed by atoms with Gasteiger partial charge in [0, 0.05) is 30.7 Å². The summed E-state index contributed by atoms with van der Waals surface area (Å²) in [7, 11) is 1.98. The zero-order valence-electron chi connectivity index (χ0n) is 9.80. The molecule has 0 unspecified atom stereocenters. The monoisotopic (exact) mass is 321 g/mol. The van der Waals surface area contributed by atoms with Crippen LogP contribution in [-0.4, -0.2) is 17.0 Å². The van der Waals surface area contributed by atoms with Crippen molar-refractivity contribution in [1.29, 1.82) is 0 Å². The van der Waals surface area contributed by atoms with Crippen molar-refractivity contribution in [3.05, 3.63) is 52.8 Å². The Morgan fingerprint density at radius 1 is 1.39 bits per heavy atom. The van der Waals surface area contributed by atoms with Crippen LogP contribution in [-0.2, 0) is 0 Å². The number of nitrogens with zero attached hydrogens (tertiary/aromatic N) is 2. The molecule has 5 heteroatoms. The van der Waals surface area contributed by atoms with Crippen LogP contribution in [0, 0.1) is 0 Å². The molecule has 2 aromatic rings. The van der Waals surface area contributed by atoms with Gasteiger partial charge in [0.05, 0.1) is 10.2 Å². The second-order valence-corrected chi connectivity index (χ2v) is 5.09. The molecule has 3 nitrogen and oxygen atoms in total. The molecule has 2 N–H and O–H groups in total. The summed E-state index contributed by atoms with van der Waals surface area (Å²) in [5.74, 6) is 0. The fraction of sp³-hybridized carbons (Fsp3) is 0.0769. The minimum absolute atomic E-state index is 0.402. The van der Waals surface area contributed by atoms with Gasteiger partial charge in [-0.2, -0.15) is 0 Å². The minimum Gasteiger partial charge on any atom is -0.389 e. The summed E-state index contributed by atoms with van der Waals surface area (Å²) in [4.78, 5) is 6.50. The maximum atomic E-state index is 5.65. The predicted molar refractivity (Wildman–Crippen MR) is 82.3 cm³/mol. The lowest BCUT2D eigenvalue weighted by Crippen LogP contribution is -2.13. The van der Waals surface area contributed by atoms with Crippen LogP contribution in [0.25, 0.3) is 0 Å². The molecule has 0 fully saturated rings. The molecule has 18 heavy (non-hydrogen) atoms. The summed E-state index contributed by atoms with van der Waals surface area (Å²) < 4.78 is 0.938. The first kappa shape index (κ1) is 13.0. The largest absolute Gasteiger partial charge is 0.389 e. The van der Waals surface area contributed by atoms with Gasteiger partial charge in [-0.05, 0) is 34.1 Å². The van der Waals surface area contributed by atoms with Gasteiger partial charge in [0.15, 0.2) is 0 Å². The molecule has 0 aliphatic heterocycles. The van der Waals surface area contributed by atoms with Gasteiger partial charge >= 0.3 is 0 Å². The highest BCUT2D eigenvalue weighted by Crippen LogP contribution is 2.30. The second kappa shape index (κ2) is 5.46. The molecule has 2 rings (SSSR count). The number of nitrogens with two attached hydrogens (primary N) is 1. The van der Waals surface area contributed by atoms with Gasteiger partial charge in [0.1, 0.15) is 4.99 Å². The number of hydrogen-bond donors (Lipinski definition) is 1. The van der Waals surface area contributed by atoms with Gasteiger partial charge in [-0.1, -0.05) is 24.4 Å². The first-order valence-electron chi connectivity index (χ1n) is 5.32. The van der Waals surface area contributed by atoms with Gasteiger partial charge in [0.25, 0.3) is 0 Å². The summed E-state index contributed by atoms with van der Waals surface area (Å²) in [6.07, 6.45) is 3.53. The molecule has 0 atom stereocenters. The number of rotatable bonds is 3. The van der Waals surface area contributed by atoms with Crippen molar-refractivity contribution >= 4 is 44.5 Å². The van der Waals surface area contributed by atoms with Crippen molar-refractivity contribution in [2.45, 2.75) is 0 Å². The zero-order chi connectivity index (χ0) is 13.1. The van der Waals surface area contributed by atoms with E-state index in [9.17, 15) is 0 Å². The minimum atomic E-state index is 0.402. The van der Waals surface area contributed by atoms with E-state index in [1.807, 2.05) is 42.3 Å². The number of hydrogen-bond acceptors (Lipinski definition) is 3. The fourth-order valence-corrected chi connectivity index (χ4v) is 2.29. The number of aromatic nitrogens is 1. The molecule has 0 aliphatic rings. The smallest absolute Gasteiger partial charge is 0.104 e. The van der Waals surface area contributed by atoms with Gasteiger partial charge < -0.3 is 10.6 Å².